The van der Waals surface area contributed by atoms with Gasteiger partial charge in [0.05, 0.1) is 11.3 Å². The first-order valence-corrected chi connectivity index (χ1v) is 7.22. The Balaban J connectivity index is 2.04. The van der Waals surface area contributed by atoms with Crippen LogP contribution < -0.4 is 10.2 Å². The van der Waals surface area contributed by atoms with Gasteiger partial charge in [-0.25, -0.2) is 0 Å². The molecule has 0 bridgehead atoms. The van der Waals surface area contributed by atoms with E-state index in [9.17, 15) is 9.59 Å². The molecule has 2 amide bonds. The van der Waals surface area contributed by atoms with Gasteiger partial charge < -0.3 is 10.2 Å². The van der Waals surface area contributed by atoms with Crippen molar-refractivity contribution in [3.8, 4) is 0 Å². The molecule has 0 spiro atoms. The largest absolute Gasteiger partial charge is 0.338 e. The van der Waals surface area contributed by atoms with Crippen molar-refractivity contribution in [1.82, 2.24) is 5.32 Å². The van der Waals surface area contributed by atoms with Crippen molar-refractivity contribution >= 4 is 17.5 Å². The van der Waals surface area contributed by atoms with Crippen molar-refractivity contribution in [2.75, 3.05) is 11.4 Å². The van der Waals surface area contributed by atoms with Crippen LogP contribution in [0.4, 0.5) is 5.69 Å². The molecule has 4 heteroatoms. The fourth-order valence-electron chi connectivity index (χ4n) is 2.87. The first-order valence-electron chi connectivity index (χ1n) is 7.22. The van der Waals surface area contributed by atoms with Crippen LogP contribution in [-0.4, -0.2) is 23.9 Å². The van der Waals surface area contributed by atoms with E-state index in [1.165, 1.54) is 19.3 Å². The highest BCUT2D eigenvalue weighted by Crippen LogP contribution is 2.33. The minimum Gasteiger partial charge on any atom is -0.338 e. The number of para-hydroxylation sites is 1. The molecule has 1 heterocycles. The number of nitrogens with zero attached hydrogens (tertiary/aromatic N) is 1. The molecule has 1 fully saturated rings. The van der Waals surface area contributed by atoms with Crippen LogP contribution in [0.25, 0.3) is 0 Å². The van der Waals surface area contributed by atoms with Gasteiger partial charge in [0, 0.05) is 6.54 Å². The molecule has 1 saturated carbocycles. The molecule has 0 saturated heterocycles. The SMILES string of the molecule is CC1(C)NC(=O)c2ccccc2N(CC2CCC2)C1=O. The Labute approximate surface area is 119 Å². The minimum atomic E-state index is -0.861. The second kappa shape index (κ2) is 4.62. The van der Waals surface area contributed by atoms with E-state index in [-0.39, 0.29) is 11.8 Å². The summed E-state index contributed by atoms with van der Waals surface area (Å²) in [6, 6.07) is 7.37. The molecule has 3 rings (SSSR count). The molecule has 20 heavy (non-hydrogen) atoms. The number of nitrogens with one attached hydrogen (secondary N) is 1. The molecule has 0 radical (unpaired) electrons. The monoisotopic (exact) mass is 272 g/mol. The van der Waals surface area contributed by atoms with Crippen LogP contribution in [0.2, 0.25) is 0 Å². The Kier molecular flexibility index (Phi) is 3.04. The summed E-state index contributed by atoms with van der Waals surface area (Å²) in [5, 5.41) is 2.83. The van der Waals surface area contributed by atoms with Crippen molar-refractivity contribution in [1.29, 1.82) is 0 Å². The molecular formula is C16H20N2O2. The van der Waals surface area contributed by atoms with Crippen molar-refractivity contribution in [3.63, 3.8) is 0 Å². The maximum absolute atomic E-state index is 12.8. The van der Waals surface area contributed by atoms with Crippen LogP contribution in [-0.2, 0) is 4.79 Å². The predicted molar refractivity (Wildman–Crippen MR) is 77.7 cm³/mol. The second-order valence-electron chi connectivity index (χ2n) is 6.31. The summed E-state index contributed by atoms with van der Waals surface area (Å²) in [6.07, 6.45) is 3.59. The molecule has 0 aromatic heterocycles. The predicted octanol–water partition coefficient (Wildman–Crippen LogP) is 2.34. The molecule has 1 aliphatic heterocycles. The quantitative estimate of drug-likeness (QED) is 0.898. The maximum atomic E-state index is 12.8. The molecule has 1 aromatic rings. The lowest BCUT2D eigenvalue weighted by Gasteiger charge is -2.35. The number of benzene rings is 1. The molecule has 0 unspecified atom stereocenters. The van der Waals surface area contributed by atoms with E-state index >= 15 is 0 Å². The third-order valence-electron chi connectivity index (χ3n) is 4.31. The standard InChI is InChI=1S/C16H20N2O2/c1-16(2)15(20)18(10-11-6-5-7-11)13-9-4-3-8-12(13)14(19)17-16/h3-4,8-9,11H,5-7,10H2,1-2H3,(H,17,19). The van der Waals surface area contributed by atoms with E-state index in [4.69, 9.17) is 0 Å². The topological polar surface area (TPSA) is 49.4 Å². The molecule has 0 atom stereocenters. The Morgan fingerprint density at radius 3 is 2.60 bits per heavy atom. The number of hydrogen-bond acceptors (Lipinski definition) is 2. The molecule has 1 aliphatic carbocycles. The summed E-state index contributed by atoms with van der Waals surface area (Å²) < 4.78 is 0. The maximum Gasteiger partial charge on any atom is 0.254 e. The normalized spacial score (nSPS) is 21.8. The molecule has 1 N–H and O–H groups in total. The zero-order chi connectivity index (χ0) is 14.3. The average molecular weight is 272 g/mol. The first kappa shape index (κ1) is 13.2. The lowest BCUT2D eigenvalue weighted by atomic mass is 9.84. The average Bonchev–Trinajstić information content (AvgIpc) is 2.42. The highest BCUT2D eigenvalue weighted by Gasteiger charge is 2.40. The number of amides is 2. The van der Waals surface area contributed by atoms with Crippen LogP contribution in [0.1, 0.15) is 43.5 Å². The Bertz CT molecular complexity index is 561. The van der Waals surface area contributed by atoms with Gasteiger partial charge in [-0.05, 0) is 44.7 Å². The number of hydrogen-bond donors (Lipinski definition) is 1. The van der Waals surface area contributed by atoms with Crippen LogP contribution in [0.5, 0.6) is 0 Å². The summed E-state index contributed by atoms with van der Waals surface area (Å²) in [4.78, 5) is 26.9. The molecule has 2 aliphatic rings. The first-order chi connectivity index (χ1) is 9.49. The minimum absolute atomic E-state index is 0.0253. The van der Waals surface area contributed by atoms with Crippen molar-refractivity contribution < 1.29 is 9.59 Å². The summed E-state index contributed by atoms with van der Waals surface area (Å²) in [6.45, 7) is 4.26. The van der Waals surface area contributed by atoms with E-state index in [0.717, 1.165) is 5.69 Å². The van der Waals surface area contributed by atoms with Crippen molar-refractivity contribution in [3.05, 3.63) is 29.8 Å². The van der Waals surface area contributed by atoms with Gasteiger partial charge in [0.2, 0.25) is 0 Å². The smallest absolute Gasteiger partial charge is 0.254 e. The van der Waals surface area contributed by atoms with Crippen molar-refractivity contribution in [2.24, 2.45) is 5.92 Å². The molecule has 1 aromatic carbocycles. The summed E-state index contributed by atoms with van der Waals surface area (Å²) >= 11 is 0. The summed E-state index contributed by atoms with van der Waals surface area (Å²) in [5.41, 5.74) is 0.470. The molecule has 106 valence electrons. The van der Waals surface area contributed by atoms with Gasteiger partial charge in [-0.3, -0.25) is 9.59 Å². The zero-order valence-corrected chi connectivity index (χ0v) is 12.0. The van der Waals surface area contributed by atoms with Crippen LogP contribution in [0.3, 0.4) is 0 Å². The summed E-state index contributed by atoms with van der Waals surface area (Å²) in [7, 11) is 0. The van der Waals surface area contributed by atoms with E-state index < -0.39 is 5.54 Å². The van der Waals surface area contributed by atoms with Gasteiger partial charge in [0.15, 0.2) is 0 Å². The third-order valence-corrected chi connectivity index (χ3v) is 4.31. The fourth-order valence-corrected chi connectivity index (χ4v) is 2.87. The van der Waals surface area contributed by atoms with Crippen LogP contribution in [0, 0.1) is 5.92 Å². The third kappa shape index (κ3) is 2.09. The number of carbonyl (C=O) groups is 2. The van der Waals surface area contributed by atoms with E-state index in [1.54, 1.807) is 24.8 Å². The van der Waals surface area contributed by atoms with E-state index in [0.29, 0.717) is 18.0 Å². The molecule has 4 nitrogen and oxygen atoms in total. The fraction of sp³-hybridized carbons (Fsp3) is 0.500. The van der Waals surface area contributed by atoms with Crippen LogP contribution in [0.15, 0.2) is 24.3 Å². The van der Waals surface area contributed by atoms with E-state index in [1.807, 2.05) is 18.2 Å². The Morgan fingerprint density at radius 2 is 1.95 bits per heavy atom. The highest BCUT2D eigenvalue weighted by molar-refractivity contribution is 6.12. The van der Waals surface area contributed by atoms with Gasteiger partial charge in [0.1, 0.15) is 5.54 Å². The number of fused-ring (bicyclic) bond motifs is 1. The zero-order valence-electron chi connectivity index (χ0n) is 12.0. The lowest BCUT2D eigenvalue weighted by Crippen LogP contribution is -2.54. The van der Waals surface area contributed by atoms with Gasteiger partial charge >= 0.3 is 0 Å². The van der Waals surface area contributed by atoms with Gasteiger partial charge in [-0.1, -0.05) is 18.6 Å². The summed E-state index contributed by atoms with van der Waals surface area (Å²) in [5.74, 6) is 0.369. The highest BCUT2D eigenvalue weighted by atomic mass is 16.2. The van der Waals surface area contributed by atoms with Gasteiger partial charge in [-0.2, -0.15) is 0 Å². The Hall–Kier alpha value is -1.84. The Morgan fingerprint density at radius 1 is 1.25 bits per heavy atom. The van der Waals surface area contributed by atoms with Crippen molar-refractivity contribution in [2.45, 2.75) is 38.6 Å². The number of carbonyl (C=O) groups excluding carboxylic acids is 2. The molecular weight excluding hydrogens is 252 g/mol. The van der Waals surface area contributed by atoms with E-state index in [2.05, 4.69) is 5.32 Å². The van der Waals surface area contributed by atoms with Gasteiger partial charge in [0.25, 0.3) is 11.8 Å². The van der Waals surface area contributed by atoms with Crippen LogP contribution >= 0.6 is 0 Å². The number of anilines is 1. The lowest BCUT2D eigenvalue weighted by molar-refractivity contribution is -0.123. The van der Waals surface area contributed by atoms with Gasteiger partial charge in [-0.15, -0.1) is 0 Å². The number of rotatable bonds is 2. The second-order valence-corrected chi connectivity index (χ2v) is 6.31.